The molecule has 0 radical (unpaired) electrons. The van der Waals surface area contributed by atoms with Crippen LogP contribution in [0, 0.1) is 0 Å². The predicted molar refractivity (Wildman–Crippen MR) is 107 cm³/mol. The molecule has 0 fully saturated rings. The van der Waals surface area contributed by atoms with Gasteiger partial charge in [0, 0.05) is 36.2 Å². The molecule has 0 saturated heterocycles. The van der Waals surface area contributed by atoms with Gasteiger partial charge < -0.3 is 15.5 Å². The van der Waals surface area contributed by atoms with Crippen LogP contribution in [0.25, 0.3) is 11.2 Å². The van der Waals surface area contributed by atoms with E-state index >= 15 is 0 Å². The van der Waals surface area contributed by atoms with E-state index in [1.165, 1.54) is 18.7 Å². The van der Waals surface area contributed by atoms with Crippen LogP contribution in [-0.2, 0) is 20.6 Å². The highest BCUT2D eigenvalue weighted by Gasteiger charge is 2.21. The number of anilines is 1. The van der Waals surface area contributed by atoms with Gasteiger partial charge in [0.1, 0.15) is 0 Å². The number of aromatic nitrogens is 4. The first kappa shape index (κ1) is 20.4. The Bertz CT molecular complexity index is 1130. The van der Waals surface area contributed by atoms with Crippen molar-refractivity contribution in [2.45, 2.75) is 12.6 Å². The SMILES string of the molecule is Cn1c(=O)c2c(nc(NCC(O)CO)n2Cc2c(Cl)cccc2Cl)n(C)c1=O. The van der Waals surface area contributed by atoms with Crippen LogP contribution in [-0.4, -0.2) is 48.2 Å². The predicted octanol–water partition coefficient (Wildman–Crippen LogP) is 0.554. The lowest BCUT2D eigenvalue weighted by atomic mass is 10.2. The molecule has 28 heavy (non-hydrogen) atoms. The number of benzene rings is 1. The molecule has 0 aliphatic heterocycles. The fraction of sp³-hybridized carbons (Fsp3) is 0.353. The van der Waals surface area contributed by atoms with E-state index in [1.54, 1.807) is 22.8 Å². The van der Waals surface area contributed by atoms with Gasteiger partial charge in [0.05, 0.1) is 19.3 Å². The molecule has 2 aromatic heterocycles. The zero-order valence-electron chi connectivity index (χ0n) is 15.2. The van der Waals surface area contributed by atoms with Crippen LogP contribution in [0.4, 0.5) is 5.95 Å². The van der Waals surface area contributed by atoms with Crippen molar-refractivity contribution in [3.63, 3.8) is 0 Å². The minimum absolute atomic E-state index is 0.00959. The smallest absolute Gasteiger partial charge is 0.332 e. The Balaban J connectivity index is 2.25. The number of fused-ring (bicyclic) bond motifs is 1. The molecule has 0 bridgehead atoms. The van der Waals surface area contributed by atoms with E-state index < -0.39 is 24.0 Å². The fourth-order valence-electron chi connectivity index (χ4n) is 2.85. The van der Waals surface area contributed by atoms with E-state index in [0.717, 1.165) is 4.57 Å². The minimum atomic E-state index is -1.02. The van der Waals surface area contributed by atoms with Gasteiger partial charge in [-0.05, 0) is 12.1 Å². The average Bonchev–Trinajstić information content (AvgIpc) is 3.04. The van der Waals surface area contributed by atoms with Crippen LogP contribution < -0.4 is 16.6 Å². The van der Waals surface area contributed by atoms with E-state index in [0.29, 0.717) is 15.6 Å². The topological polar surface area (TPSA) is 114 Å². The van der Waals surface area contributed by atoms with Crippen molar-refractivity contribution in [1.29, 1.82) is 0 Å². The molecule has 1 atom stereocenters. The van der Waals surface area contributed by atoms with Crippen molar-refractivity contribution >= 4 is 40.3 Å². The van der Waals surface area contributed by atoms with Gasteiger partial charge in [-0.3, -0.25) is 18.5 Å². The second-order valence-electron chi connectivity index (χ2n) is 6.32. The summed E-state index contributed by atoms with van der Waals surface area (Å²) in [4.78, 5) is 29.4. The van der Waals surface area contributed by atoms with Gasteiger partial charge in [-0.2, -0.15) is 4.98 Å². The third kappa shape index (κ3) is 3.53. The fourth-order valence-corrected chi connectivity index (χ4v) is 3.37. The van der Waals surface area contributed by atoms with E-state index in [4.69, 9.17) is 28.3 Å². The highest BCUT2D eigenvalue weighted by molar-refractivity contribution is 6.36. The number of imidazole rings is 1. The van der Waals surface area contributed by atoms with Gasteiger partial charge in [-0.15, -0.1) is 0 Å². The third-order valence-electron chi connectivity index (χ3n) is 4.43. The van der Waals surface area contributed by atoms with Crippen LogP contribution in [0.3, 0.4) is 0 Å². The zero-order valence-corrected chi connectivity index (χ0v) is 16.7. The van der Waals surface area contributed by atoms with E-state index in [2.05, 4.69) is 10.3 Å². The second kappa shape index (κ2) is 7.96. The highest BCUT2D eigenvalue weighted by Crippen LogP contribution is 2.27. The third-order valence-corrected chi connectivity index (χ3v) is 5.14. The lowest BCUT2D eigenvalue weighted by molar-refractivity contribution is 0.105. The molecular formula is C17H19Cl2N5O4. The molecule has 0 aliphatic carbocycles. The molecule has 11 heteroatoms. The summed E-state index contributed by atoms with van der Waals surface area (Å²) in [5.74, 6) is 0.233. The van der Waals surface area contributed by atoms with Crippen LogP contribution in [0.5, 0.6) is 0 Å². The molecule has 3 rings (SSSR count). The largest absolute Gasteiger partial charge is 0.394 e. The molecule has 1 aromatic carbocycles. The summed E-state index contributed by atoms with van der Waals surface area (Å²) < 4.78 is 3.80. The summed E-state index contributed by atoms with van der Waals surface area (Å²) in [6, 6.07) is 5.07. The van der Waals surface area contributed by atoms with Gasteiger partial charge in [0.15, 0.2) is 11.2 Å². The maximum atomic E-state index is 12.8. The summed E-state index contributed by atoms with van der Waals surface area (Å²) in [5.41, 5.74) is -0.102. The zero-order chi connectivity index (χ0) is 20.6. The first-order valence-corrected chi connectivity index (χ1v) is 9.13. The van der Waals surface area contributed by atoms with Crippen molar-refractivity contribution < 1.29 is 10.2 Å². The standard InChI is InChI=1S/C17H19Cl2N5O4/c1-22-14-13(15(27)23(2)17(22)28)24(16(21-14)20-6-9(26)8-25)7-10-11(18)4-3-5-12(10)19/h3-5,9,25-26H,6-8H2,1-2H3,(H,20,21). The number of nitrogens with one attached hydrogen (secondary N) is 1. The number of halogens is 2. The summed E-state index contributed by atoms with van der Waals surface area (Å²) in [6.45, 7) is -0.339. The van der Waals surface area contributed by atoms with E-state index in [9.17, 15) is 14.7 Å². The first-order chi connectivity index (χ1) is 13.3. The lowest BCUT2D eigenvalue weighted by Crippen LogP contribution is -2.37. The van der Waals surface area contributed by atoms with Crippen molar-refractivity contribution in [2.24, 2.45) is 14.1 Å². The maximum Gasteiger partial charge on any atom is 0.332 e. The molecule has 3 N–H and O–H groups in total. The average molecular weight is 428 g/mol. The molecule has 150 valence electrons. The quantitative estimate of drug-likeness (QED) is 0.529. The number of aliphatic hydroxyl groups is 2. The van der Waals surface area contributed by atoms with Gasteiger partial charge in [-0.25, -0.2) is 4.79 Å². The molecule has 3 aromatic rings. The summed E-state index contributed by atoms with van der Waals surface area (Å²) in [5, 5.41) is 22.4. The number of hydrogen-bond donors (Lipinski definition) is 3. The number of aryl methyl sites for hydroxylation is 1. The number of hydrogen-bond acceptors (Lipinski definition) is 6. The monoisotopic (exact) mass is 427 g/mol. The van der Waals surface area contributed by atoms with E-state index in [1.807, 2.05) is 0 Å². The van der Waals surface area contributed by atoms with Crippen LogP contribution >= 0.6 is 23.2 Å². The number of nitrogens with zero attached hydrogens (tertiary/aromatic N) is 4. The van der Waals surface area contributed by atoms with Gasteiger partial charge in [0.25, 0.3) is 5.56 Å². The maximum absolute atomic E-state index is 12.8. The molecule has 1 unspecified atom stereocenters. The van der Waals surface area contributed by atoms with Crippen molar-refractivity contribution in [3.05, 3.63) is 54.6 Å². The van der Waals surface area contributed by atoms with Crippen molar-refractivity contribution in [2.75, 3.05) is 18.5 Å². The number of rotatable bonds is 6. The van der Waals surface area contributed by atoms with E-state index in [-0.39, 0.29) is 30.2 Å². The Labute approximate surface area is 169 Å². The van der Waals surface area contributed by atoms with Gasteiger partial charge >= 0.3 is 5.69 Å². The second-order valence-corrected chi connectivity index (χ2v) is 7.13. The normalized spacial score (nSPS) is 12.5. The minimum Gasteiger partial charge on any atom is -0.394 e. The Hall–Kier alpha value is -2.33. The Morgan fingerprint density at radius 1 is 1.18 bits per heavy atom. The van der Waals surface area contributed by atoms with Crippen LogP contribution in [0.1, 0.15) is 5.56 Å². The van der Waals surface area contributed by atoms with Crippen molar-refractivity contribution in [3.8, 4) is 0 Å². The molecule has 0 amide bonds. The van der Waals surface area contributed by atoms with Crippen LogP contribution in [0.15, 0.2) is 27.8 Å². The lowest BCUT2D eigenvalue weighted by Gasteiger charge is -2.14. The molecule has 2 heterocycles. The Kier molecular flexibility index (Phi) is 5.80. The Morgan fingerprint density at radius 3 is 2.43 bits per heavy atom. The molecule has 0 aliphatic rings. The summed E-state index contributed by atoms with van der Waals surface area (Å²) >= 11 is 12.6. The molecular weight excluding hydrogens is 409 g/mol. The first-order valence-electron chi connectivity index (χ1n) is 8.38. The van der Waals surface area contributed by atoms with Gasteiger partial charge in [-0.1, -0.05) is 29.3 Å². The molecule has 0 saturated carbocycles. The summed E-state index contributed by atoms with van der Waals surface area (Å²) in [6.07, 6.45) is -1.02. The molecule has 0 spiro atoms. The number of aliphatic hydroxyl groups excluding tert-OH is 2. The van der Waals surface area contributed by atoms with Gasteiger partial charge in [0.2, 0.25) is 5.95 Å². The molecule has 9 nitrogen and oxygen atoms in total. The summed E-state index contributed by atoms with van der Waals surface area (Å²) in [7, 11) is 2.89. The highest BCUT2D eigenvalue weighted by atomic mass is 35.5. The van der Waals surface area contributed by atoms with Crippen molar-refractivity contribution in [1.82, 2.24) is 18.7 Å². The van der Waals surface area contributed by atoms with Crippen LogP contribution in [0.2, 0.25) is 10.0 Å². The Morgan fingerprint density at radius 2 is 1.82 bits per heavy atom.